The number of hydrogen-bond donors (Lipinski definition) is 3. The molecule has 0 bridgehead atoms. The third-order valence-electron chi connectivity index (χ3n) is 3.85. The molecular formula is C15H16N4O4. The van der Waals surface area contributed by atoms with Crippen LogP contribution in [-0.2, 0) is 24.2 Å². The number of carbonyl (C=O) groups is 2. The van der Waals surface area contributed by atoms with E-state index in [1.807, 2.05) is 6.07 Å². The SMILES string of the molecule is O=C(CO)NCCn1nc2c(c1C(=O)O)CCc1cnccc1-2. The van der Waals surface area contributed by atoms with E-state index in [0.29, 0.717) is 17.7 Å². The molecule has 120 valence electrons. The number of aliphatic hydroxyl groups excluding tert-OH is 1. The summed E-state index contributed by atoms with van der Waals surface area (Å²) in [5.74, 6) is -1.54. The fourth-order valence-electron chi connectivity index (χ4n) is 2.83. The van der Waals surface area contributed by atoms with Crippen LogP contribution in [0.25, 0.3) is 11.3 Å². The largest absolute Gasteiger partial charge is 0.477 e. The molecule has 0 spiro atoms. The number of carboxylic acids is 1. The highest BCUT2D eigenvalue weighted by Gasteiger charge is 2.27. The fourth-order valence-corrected chi connectivity index (χ4v) is 2.83. The molecule has 0 saturated carbocycles. The number of aliphatic hydroxyl groups is 1. The number of pyridine rings is 1. The second kappa shape index (κ2) is 6.17. The number of aromatic carboxylic acids is 1. The zero-order valence-electron chi connectivity index (χ0n) is 12.3. The Hall–Kier alpha value is -2.74. The number of amides is 1. The molecule has 0 aromatic carbocycles. The summed E-state index contributed by atoms with van der Waals surface area (Å²) in [6.45, 7) is -0.175. The van der Waals surface area contributed by atoms with Crippen LogP contribution in [-0.4, -0.2) is 50.0 Å². The number of hydrogen-bond acceptors (Lipinski definition) is 5. The standard InChI is InChI=1S/C15H16N4O4/c20-8-12(21)17-5-6-19-14(15(22)23)11-2-1-9-7-16-4-3-10(9)13(11)18-19/h3-4,7,20H,1-2,5-6,8H2,(H,17,21)(H,22,23). The van der Waals surface area contributed by atoms with Crippen molar-refractivity contribution in [3.8, 4) is 11.3 Å². The molecule has 3 rings (SSSR count). The smallest absolute Gasteiger partial charge is 0.354 e. The number of nitrogens with one attached hydrogen (secondary N) is 1. The van der Waals surface area contributed by atoms with E-state index in [2.05, 4.69) is 15.4 Å². The van der Waals surface area contributed by atoms with Crippen molar-refractivity contribution in [3.63, 3.8) is 0 Å². The molecular weight excluding hydrogens is 300 g/mol. The third kappa shape index (κ3) is 2.80. The number of aryl methyl sites for hydroxylation is 1. The molecule has 2 aromatic rings. The minimum Gasteiger partial charge on any atom is -0.477 e. The summed E-state index contributed by atoms with van der Waals surface area (Å²) in [6.07, 6.45) is 4.76. The van der Waals surface area contributed by atoms with Gasteiger partial charge in [-0.2, -0.15) is 5.10 Å². The summed E-state index contributed by atoms with van der Waals surface area (Å²) < 4.78 is 1.40. The predicted octanol–water partition coefficient (Wildman–Crippen LogP) is -0.150. The molecule has 2 heterocycles. The first kappa shape index (κ1) is 15.2. The zero-order chi connectivity index (χ0) is 16.4. The number of carbonyl (C=O) groups excluding carboxylic acids is 1. The van der Waals surface area contributed by atoms with Crippen LogP contribution in [0.2, 0.25) is 0 Å². The molecule has 0 fully saturated rings. The molecule has 0 unspecified atom stereocenters. The first-order valence-corrected chi connectivity index (χ1v) is 7.25. The first-order valence-electron chi connectivity index (χ1n) is 7.25. The van der Waals surface area contributed by atoms with Gasteiger partial charge in [0, 0.05) is 30.1 Å². The predicted molar refractivity (Wildman–Crippen MR) is 79.9 cm³/mol. The summed E-state index contributed by atoms with van der Waals surface area (Å²) in [7, 11) is 0. The van der Waals surface area contributed by atoms with E-state index in [9.17, 15) is 14.7 Å². The Bertz CT molecular complexity index is 769. The highest BCUT2D eigenvalue weighted by Crippen LogP contribution is 2.33. The molecule has 0 saturated heterocycles. The maximum atomic E-state index is 11.6. The van der Waals surface area contributed by atoms with E-state index in [4.69, 9.17) is 5.11 Å². The van der Waals surface area contributed by atoms with Crippen LogP contribution < -0.4 is 5.32 Å². The Balaban J connectivity index is 1.94. The van der Waals surface area contributed by atoms with E-state index in [-0.39, 0.29) is 18.8 Å². The minimum atomic E-state index is -1.04. The van der Waals surface area contributed by atoms with Crippen molar-refractivity contribution >= 4 is 11.9 Å². The summed E-state index contributed by atoms with van der Waals surface area (Å²) in [5, 5.41) is 25.1. The first-order chi connectivity index (χ1) is 11.1. The maximum absolute atomic E-state index is 11.6. The van der Waals surface area contributed by atoms with Gasteiger partial charge in [-0.3, -0.25) is 14.5 Å². The van der Waals surface area contributed by atoms with Crippen LogP contribution in [0.3, 0.4) is 0 Å². The van der Waals surface area contributed by atoms with Gasteiger partial charge in [-0.15, -0.1) is 0 Å². The van der Waals surface area contributed by atoms with Crippen molar-refractivity contribution in [1.29, 1.82) is 0 Å². The van der Waals surface area contributed by atoms with Crippen molar-refractivity contribution in [1.82, 2.24) is 20.1 Å². The van der Waals surface area contributed by atoms with E-state index in [1.54, 1.807) is 12.4 Å². The molecule has 0 aliphatic heterocycles. The van der Waals surface area contributed by atoms with Crippen LogP contribution in [0.5, 0.6) is 0 Å². The van der Waals surface area contributed by atoms with Gasteiger partial charge in [-0.05, 0) is 24.5 Å². The molecule has 1 aliphatic carbocycles. The van der Waals surface area contributed by atoms with Crippen LogP contribution >= 0.6 is 0 Å². The number of rotatable bonds is 5. The molecule has 1 amide bonds. The lowest BCUT2D eigenvalue weighted by atomic mass is 9.90. The molecule has 0 atom stereocenters. The number of carboxylic acid groups (broad SMARTS) is 1. The molecule has 3 N–H and O–H groups in total. The van der Waals surface area contributed by atoms with Gasteiger partial charge < -0.3 is 15.5 Å². The Morgan fingerprint density at radius 1 is 1.35 bits per heavy atom. The van der Waals surface area contributed by atoms with Gasteiger partial charge in [0.1, 0.15) is 12.3 Å². The maximum Gasteiger partial charge on any atom is 0.354 e. The Kier molecular flexibility index (Phi) is 4.07. The van der Waals surface area contributed by atoms with Gasteiger partial charge in [0.05, 0.1) is 12.2 Å². The Labute approximate surface area is 131 Å². The fraction of sp³-hybridized carbons (Fsp3) is 0.333. The summed E-state index contributed by atoms with van der Waals surface area (Å²) in [6, 6.07) is 1.84. The molecule has 23 heavy (non-hydrogen) atoms. The number of aromatic nitrogens is 3. The van der Waals surface area contributed by atoms with E-state index >= 15 is 0 Å². The van der Waals surface area contributed by atoms with Crippen molar-refractivity contribution in [2.75, 3.05) is 13.2 Å². The third-order valence-corrected chi connectivity index (χ3v) is 3.85. The highest BCUT2D eigenvalue weighted by molar-refractivity contribution is 5.90. The Morgan fingerprint density at radius 2 is 2.17 bits per heavy atom. The van der Waals surface area contributed by atoms with Gasteiger partial charge >= 0.3 is 5.97 Å². The van der Waals surface area contributed by atoms with E-state index in [0.717, 1.165) is 17.5 Å². The van der Waals surface area contributed by atoms with Crippen LogP contribution in [0, 0.1) is 0 Å². The summed E-state index contributed by atoms with van der Waals surface area (Å²) >= 11 is 0. The van der Waals surface area contributed by atoms with Gasteiger partial charge in [-0.1, -0.05) is 0 Å². The quantitative estimate of drug-likeness (QED) is 0.706. The lowest BCUT2D eigenvalue weighted by molar-refractivity contribution is -0.123. The normalized spacial score (nSPS) is 12.4. The van der Waals surface area contributed by atoms with Crippen molar-refractivity contribution < 1.29 is 19.8 Å². The van der Waals surface area contributed by atoms with Crippen molar-refractivity contribution in [3.05, 3.63) is 35.3 Å². The van der Waals surface area contributed by atoms with Gasteiger partial charge in [0.2, 0.25) is 5.91 Å². The van der Waals surface area contributed by atoms with Gasteiger partial charge in [-0.25, -0.2) is 4.79 Å². The monoisotopic (exact) mass is 316 g/mol. The lowest BCUT2D eigenvalue weighted by Gasteiger charge is -2.14. The molecule has 8 nitrogen and oxygen atoms in total. The van der Waals surface area contributed by atoms with Gasteiger partial charge in [0.15, 0.2) is 0 Å². The average molecular weight is 316 g/mol. The Morgan fingerprint density at radius 3 is 2.91 bits per heavy atom. The molecule has 8 heteroatoms. The zero-order valence-corrected chi connectivity index (χ0v) is 12.3. The summed E-state index contributed by atoms with van der Waals surface area (Å²) in [5.41, 5.74) is 3.49. The molecule has 2 aromatic heterocycles. The van der Waals surface area contributed by atoms with Crippen LogP contribution in [0.1, 0.15) is 21.6 Å². The average Bonchev–Trinajstić information content (AvgIpc) is 2.93. The number of fused-ring (bicyclic) bond motifs is 3. The minimum absolute atomic E-state index is 0.153. The second-order valence-corrected chi connectivity index (χ2v) is 5.24. The van der Waals surface area contributed by atoms with Gasteiger partial charge in [0.25, 0.3) is 0 Å². The van der Waals surface area contributed by atoms with Crippen molar-refractivity contribution in [2.45, 2.75) is 19.4 Å². The van der Waals surface area contributed by atoms with E-state index in [1.165, 1.54) is 4.68 Å². The topological polar surface area (TPSA) is 117 Å². The van der Waals surface area contributed by atoms with E-state index < -0.39 is 18.5 Å². The molecule has 1 aliphatic rings. The lowest BCUT2D eigenvalue weighted by Crippen LogP contribution is -2.30. The number of nitrogens with zero attached hydrogens (tertiary/aromatic N) is 3. The summed E-state index contributed by atoms with van der Waals surface area (Å²) in [4.78, 5) is 26.8. The molecule has 0 radical (unpaired) electrons. The van der Waals surface area contributed by atoms with Crippen molar-refractivity contribution in [2.24, 2.45) is 0 Å². The van der Waals surface area contributed by atoms with Crippen LogP contribution in [0.15, 0.2) is 18.5 Å². The van der Waals surface area contributed by atoms with Crippen LogP contribution in [0.4, 0.5) is 0 Å². The highest BCUT2D eigenvalue weighted by atomic mass is 16.4. The second-order valence-electron chi connectivity index (χ2n) is 5.24.